The third-order valence-corrected chi connectivity index (χ3v) is 4.35. The summed E-state index contributed by atoms with van der Waals surface area (Å²) in [5.41, 5.74) is 1.57. The topological polar surface area (TPSA) is 71.5 Å². The molecule has 1 saturated heterocycles. The number of morpholine rings is 1. The number of nitrogens with zero attached hydrogens (tertiary/aromatic N) is 2. The van der Waals surface area contributed by atoms with Gasteiger partial charge in [0.1, 0.15) is 12.4 Å². The number of carbonyl (C=O) groups is 2. The van der Waals surface area contributed by atoms with E-state index in [2.05, 4.69) is 10.3 Å². The number of hydrogen-bond donors (Lipinski definition) is 1. The lowest BCUT2D eigenvalue weighted by molar-refractivity contribution is -0.160. The van der Waals surface area contributed by atoms with Gasteiger partial charge in [-0.3, -0.25) is 9.59 Å². The number of amides is 2. The molecular weight excluding hydrogens is 342 g/mol. The Morgan fingerprint density at radius 2 is 2.00 bits per heavy atom. The predicted octanol–water partition coefficient (Wildman–Crippen LogP) is 2.58. The van der Waals surface area contributed by atoms with Gasteiger partial charge in [0.15, 0.2) is 6.10 Å². The van der Waals surface area contributed by atoms with Gasteiger partial charge in [0.25, 0.3) is 5.91 Å². The molecule has 2 heterocycles. The summed E-state index contributed by atoms with van der Waals surface area (Å²) in [5.74, 6) is -0.0851. The molecule has 2 aromatic rings. The van der Waals surface area contributed by atoms with Crippen molar-refractivity contribution < 1.29 is 14.3 Å². The lowest BCUT2D eigenvalue weighted by Crippen LogP contribution is -2.51. The van der Waals surface area contributed by atoms with Crippen LogP contribution in [0.25, 0.3) is 0 Å². The molecule has 0 saturated carbocycles. The quantitative estimate of drug-likeness (QED) is 0.914. The number of aromatic nitrogens is 1. The third-order valence-electron chi connectivity index (χ3n) is 4.09. The Morgan fingerprint density at radius 1 is 1.28 bits per heavy atom. The van der Waals surface area contributed by atoms with Crippen LogP contribution in [0.3, 0.4) is 0 Å². The maximum absolute atomic E-state index is 12.7. The second kappa shape index (κ2) is 7.21. The van der Waals surface area contributed by atoms with Crippen LogP contribution in [0.5, 0.6) is 0 Å². The lowest BCUT2D eigenvalue weighted by atomic mass is 9.97. The fourth-order valence-corrected chi connectivity index (χ4v) is 2.93. The van der Waals surface area contributed by atoms with Gasteiger partial charge in [-0.05, 0) is 36.8 Å². The van der Waals surface area contributed by atoms with Crippen LogP contribution in [0.2, 0.25) is 5.02 Å². The van der Waals surface area contributed by atoms with Crippen molar-refractivity contribution in [3.05, 3.63) is 58.7 Å². The van der Waals surface area contributed by atoms with E-state index in [0.717, 1.165) is 11.3 Å². The Kier molecular flexibility index (Phi) is 5.01. The molecule has 2 amide bonds. The van der Waals surface area contributed by atoms with E-state index < -0.39 is 12.1 Å². The first-order valence-electron chi connectivity index (χ1n) is 7.83. The molecule has 0 aliphatic carbocycles. The summed E-state index contributed by atoms with van der Waals surface area (Å²) in [7, 11) is 1.66. The van der Waals surface area contributed by atoms with Gasteiger partial charge in [0.2, 0.25) is 5.91 Å². The number of aryl methyl sites for hydroxylation is 1. The Balaban J connectivity index is 1.87. The average molecular weight is 360 g/mol. The predicted molar refractivity (Wildman–Crippen MR) is 94.3 cm³/mol. The minimum Gasteiger partial charge on any atom is -0.356 e. The van der Waals surface area contributed by atoms with Crippen LogP contribution in [0.4, 0.5) is 5.82 Å². The van der Waals surface area contributed by atoms with E-state index in [9.17, 15) is 9.59 Å². The number of nitrogens with one attached hydrogen (secondary N) is 1. The molecule has 1 N–H and O–H groups in total. The van der Waals surface area contributed by atoms with Gasteiger partial charge in [0.05, 0.1) is 6.04 Å². The highest BCUT2D eigenvalue weighted by Gasteiger charge is 2.40. The highest BCUT2D eigenvalue weighted by Crippen LogP contribution is 2.30. The molecule has 1 aliphatic heterocycles. The number of likely N-dealkylation sites (N-methyl/N-ethyl adjacent to an activating group) is 1. The molecule has 1 aromatic heterocycles. The molecule has 1 fully saturated rings. The van der Waals surface area contributed by atoms with Gasteiger partial charge in [-0.25, -0.2) is 4.98 Å². The molecule has 130 valence electrons. The number of carbonyl (C=O) groups excluding carboxylic acids is 2. The molecule has 2 atom stereocenters. The van der Waals surface area contributed by atoms with E-state index in [1.165, 1.54) is 4.90 Å². The van der Waals surface area contributed by atoms with E-state index in [4.69, 9.17) is 16.3 Å². The summed E-state index contributed by atoms with van der Waals surface area (Å²) in [6.07, 6.45) is -0.841. The zero-order valence-electron chi connectivity index (χ0n) is 13.9. The smallest absolute Gasteiger partial charge is 0.257 e. The van der Waals surface area contributed by atoms with Crippen molar-refractivity contribution >= 4 is 29.2 Å². The SMILES string of the molecule is Cc1cccc(NC(=O)[C@H]2OCC(=O)N(C)[C@H]2c2ccc(Cl)cc2)n1. The first kappa shape index (κ1) is 17.4. The van der Waals surface area contributed by atoms with E-state index in [1.54, 1.807) is 37.4 Å². The van der Waals surface area contributed by atoms with Crippen molar-refractivity contribution in [3.8, 4) is 0 Å². The van der Waals surface area contributed by atoms with Gasteiger partial charge >= 0.3 is 0 Å². The maximum atomic E-state index is 12.7. The fourth-order valence-electron chi connectivity index (χ4n) is 2.80. The summed E-state index contributed by atoms with van der Waals surface area (Å²) < 4.78 is 5.56. The van der Waals surface area contributed by atoms with Gasteiger partial charge in [-0.2, -0.15) is 0 Å². The van der Waals surface area contributed by atoms with Crippen molar-refractivity contribution in [1.82, 2.24) is 9.88 Å². The molecule has 0 unspecified atom stereocenters. The molecule has 0 bridgehead atoms. The van der Waals surface area contributed by atoms with E-state index in [1.807, 2.05) is 19.1 Å². The standard InChI is InChI=1S/C18H18ClN3O3/c1-11-4-3-5-14(20-11)21-18(24)17-16(22(2)15(23)10-25-17)12-6-8-13(19)9-7-12/h3-9,16-17H,10H2,1-2H3,(H,20,21,24)/t16-,17-/m0/s1. The fraction of sp³-hybridized carbons (Fsp3) is 0.278. The van der Waals surface area contributed by atoms with Crippen LogP contribution >= 0.6 is 11.6 Å². The van der Waals surface area contributed by atoms with Gasteiger partial charge in [-0.15, -0.1) is 0 Å². The van der Waals surface area contributed by atoms with Gasteiger partial charge in [0, 0.05) is 17.8 Å². The highest BCUT2D eigenvalue weighted by molar-refractivity contribution is 6.30. The summed E-state index contributed by atoms with van der Waals surface area (Å²) in [6, 6.07) is 11.8. The van der Waals surface area contributed by atoms with Crippen molar-refractivity contribution in [2.75, 3.05) is 19.0 Å². The number of halogens is 1. The van der Waals surface area contributed by atoms with Crippen molar-refractivity contribution in [1.29, 1.82) is 0 Å². The normalized spacial score (nSPS) is 20.4. The Hall–Kier alpha value is -2.44. The molecule has 0 radical (unpaired) electrons. The number of pyridine rings is 1. The first-order chi connectivity index (χ1) is 12.0. The maximum Gasteiger partial charge on any atom is 0.257 e. The zero-order valence-corrected chi connectivity index (χ0v) is 14.7. The number of hydrogen-bond acceptors (Lipinski definition) is 4. The second-order valence-corrected chi connectivity index (χ2v) is 6.32. The van der Waals surface area contributed by atoms with E-state index >= 15 is 0 Å². The zero-order chi connectivity index (χ0) is 18.0. The van der Waals surface area contributed by atoms with E-state index in [0.29, 0.717) is 10.8 Å². The van der Waals surface area contributed by atoms with Crippen LogP contribution in [-0.2, 0) is 14.3 Å². The summed E-state index contributed by atoms with van der Waals surface area (Å²) in [6.45, 7) is 1.70. The van der Waals surface area contributed by atoms with Crippen molar-refractivity contribution in [2.45, 2.75) is 19.1 Å². The van der Waals surface area contributed by atoms with Gasteiger partial charge < -0.3 is 15.0 Å². The molecule has 3 rings (SSSR count). The minimum atomic E-state index is -0.841. The Labute approximate surface area is 150 Å². The number of rotatable bonds is 3. The van der Waals surface area contributed by atoms with Crippen LogP contribution in [0, 0.1) is 6.92 Å². The Bertz CT molecular complexity index is 794. The second-order valence-electron chi connectivity index (χ2n) is 5.89. The van der Waals surface area contributed by atoms with Crippen molar-refractivity contribution in [3.63, 3.8) is 0 Å². The summed E-state index contributed by atoms with van der Waals surface area (Å²) in [5, 5.41) is 3.34. The van der Waals surface area contributed by atoms with Crippen LogP contribution in [0.1, 0.15) is 17.3 Å². The minimum absolute atomic E-state index is 0.139. The van der Waals surface area contributed by atoms with Gasteiger partial charge in [-0.1, -0.05) is 29.8 Å². The largest absolute Gasteiger partial charge is 0.356 e. The molecular formula is C18H18ClN3O3. The van der Waals surface area contributed by atoms with Crippen molar-refractivity contribution in [2.24, 2.45) is 0 Å². The number of ether oxygens (including phenoxy) is 1. The molecule has 0 spiro atoms. The first-order valence-corrected chi connectivity index (χ1v) is 8.21. The molecule has 25 heavy (non-hydrogen) atoms. The number of benzene rings is 1. The third kappa shape index (κ3) is 3.81. The Morgan fingerprint density at radius 3 is 2.68 bits per heavy atom. The molecule has 1 aliphatic rings. The number of anilines is 1. The van der Waals surface area contributed by atoms with E-state index in [-0.39, 0.29) is 18.4 Å². The highest BCUT2D eigenvalue weighted by atomic mass is 35.5. The average Bonchev–Trinajstić information content (AvgIpc) is 2.58. The molecule has 1 aromatic carbocycles. The molecule has 7 heteroatoms. The van der Waals surface area contributed by atoms with Crippen LogP contribution in [0.15, 0.2) is 42.5 Å². The summed E-state index contributed by atoms with van der Waals surface area (Å²) >= 11 is 5.94. The summed E-state index contributed by atoms with van der Waals surface area (Å²) in [4.78, 5) is 30.6. The van der Waals surface area contributed by atoms with Crippen LogP contribution in [-0.4, -0.2) is 41.5 Å². The monoisotopic (exact) mass is 359 g/mol. The van der Waals surface area contributed by atoms with Crippen LogP contribution < -0.4 is 5.32 Å². The molecule has 6 nitrogen and oxygen atoms in total. The lowest BCUT2D eigenvalue weighted by Gasteiger charge is -2.38.